The van der Waals surface area contributed by atoms with Gasteiger partial charge in [0.1, 0.15) is 29.4 Å². The van der Waals surface area contributed by atoms with Gasteiger partial charge in [0.05, 0.1) is 18.5 Å². The highest BCUT2D eigenvalue weighted by Crippen LogP contribution is 2.26. The van der Waals surface area contributed by atoms with Gasteiger partial charge in [0.15, 0.2) is 12.4 Å². The Bertz CT molecular complexity index is 1300. The fourth-order valence-electron chi connectivity index (χ4n) is 4.67. The minimum Gasteiger partial charge on any atom is -0.481 e. The third-order valence-corrected chi connectivity index (χ3v) is 6.95. The number of hydrazine groups is 1. The van der Waals surface area contributed by atoms with Crippen molar-refractivity contribution in [2.45, 2.75) is 50.2 Å². The number of fused-ring (bicyclic) bond motifs is 1. The first-order valence-corrected chi connectivity index (χ1v) is 13.9. The number of hydrogen-bond acceptors (Lipinski definition) is 10. The summed E-state index contributed by atoms with van der Waals surface area (Å²) >= 11 is 0. The Morgan fingerprint density at radius 3 is 2.40 bits per heavy atom. The highest BCUT2D eigenvalue weighted by atomic mass is 16.5. The lowest BCUT2D eigenvalue weighted by molar-refractivity contribution is -0.173. The first-order chi connectivity index (χ1) is 20.7. The van der Waals surface area contributed by atoms with Crippen molar-refractivity contribution >= 4 is 35.8 Å². The van der Waals surface area contributed by atoms with Gasteiger partial charge in [0.25, 0.3) is 5.91 Å². The molecular formula is C30H36N4O9. The molecule has 2 aromatic rings. The van der Waals surface area contributed by atoms with Crippen LogP contribution in [0.5, 0.6) is 11.5 Å². The van der Waals surface area contributed by atoms with E-state index in [0.717, 1.165) is 12.7 Å². The molecule has 13 nitrogen and oxygen atoms in total. The molecule has 0 unspecified atom stereocenters. The summed E-state index contributed by atoms with van der Waals surface area (Å²) in [7, 11) is 3.17. The Kier molecular flexibility index (Phi) is 12.3. The second kappa shape index (κ2) is 16.1. The van der Waals surface area contributed by atoms with E-state index in [2.05, 4.69) is 10.6 Å². The lowest BCUT2D eigenvalue weighted by Crippen LogP contribution is -2.60. The molecule has 0 radical (unpaired) electrons. The van der Waals surface area contributed by atoms with E-state index in [1.807, 2.05) is 6.07 Å². The van der Waals surface area contributed by atoms with Crippen LogP contribution < -0.4 is 15.4 Å². The number of benzene rings is 2. The predicted molar refractivity (Wildman–Crippen MR) is 153 cm³/mol. The second-order valence-corrected chi connectivity index (χ2v) is 9.82. The van der Waals surface area contributed by atoms with Gasteiger partial charge in [-0.1, -0.05) is 30.3 Å². The molecule has 4 rings (SSSR count). The van der Waals surface area contributed by atoms with E-state index in [0.29, 0.717) is 37.3 Å². The van der Waals surface area contributed by atoms with Gasteiger partial charge in [-0.05, 0) is 57.6 Å². The van der Waals surface area contributed by atoms with Gasteiger partial charge in [-0.25, -0.2) is 9.80 Å². The molecule has 0 aromatic heterocycles. The number of hydrogen-bond donors (Lipinski definition) is 3. The van der Waals surface area contributed by atoms with Crippen molar-refractivity contribution in [3.05, 3.63) is 60.2 Å². The molecule has 2 aliphatic rings. The molecule has 2 aromatic carbocycles. The SMILES string of the molecule is CN[C@@H](CC(=O)O)C(=O)COC(=O)c1ccccc1Oc1ccccc1.CN[C@H]1CCC(=O)N2CCC[C@@H](C=O)N2C1=O. The topological polar surface area (TPSA) is 172 Å². The third kappa shape index (κ3) is 8.93. The number of carboxylic acid groups (broad SMARTS) is 1. The normalized spacial score (nSPS) is 18.7. The minimum atomic E-state index is -1.12. The van der Waals surface area contributed by atoms with Crippen LogP contribution in [-0.2, 0) is 28.7 Å². The van der Waals surface area contributed by atoms with Crippen molar-refractivity contribution < 1.29 is 43.3 Å². The molecule has 3 atom stereocenters. The number of aliphatic carboxylic acids is 1. The molecule has 2 fully saturated rings. The zero-order chi connectivity index (χ0) is 31.4. The molecule has 3 N–H and O–H groups in total. The average molecular weight is 597 g/mol. The Balaban J connectivity index is 0.000000257. The van der Waals surface area contributed by atoms with Crippen LogP contribution in [0, 0.1) is 0 Å². The van der Waals surface area contributed by atoms with E-state index in [9.17, 15) is 28.8 Å². The van der Waals surface area contributed by atoms with Gasteiger partial charge in [-0.2, -0.15) is 0 Å². The number of Topliss-reactive ketones (excluding diaryl/α,β-unsaturated/α-hetero) is 1. The first kappa shape index (κ1) is 32.9. The highest BCUT2D eigenvalue weighted by Gasteiger charge is 2.40. The van der Waals surface area contributed by atoms with Crippen LogP contribution in [0.2, 0.25) is 0 Å². The fourth-order valence-corrected chi connectivity index (χ4v) is 4.67. The molecule has 2 amide bonds. The molecule has 0 bridgehead atoms. The minimum absolute atomic E-state index is 0.0670. The maximum atomic E-state index is 12.3. The monoisotopic (exact) mass is 596 g/mol. The van der Waals surface area contributed by atoms with Gasteiger partial charge in [-0.15, -0.1) is 0 Å². The van der Waals surface area contributed by atoms with Crippen molar-refractivity contribution in [3.63, 3.8) is 0 Å². The number of para-hydroxylation sites is 2. The molecule has 0 spiro atoms. The Morgan fingerprint density at radius 1 is 1.05 bits per heavy atom. The average Bonchev–Trinajstić information content (AvgIpc) is 3.14. The van der Waals surface area contributed by atoms with Crippen LogP contribution in [0.1, 0.15) is 42.5 Å². The summed E-state index contributed by atoms with van der Waals surface area (Å²) in [5.74, 6) is -1.75. The summed E-state index contributed by atoms with van der Waals surface area (Å²) < 4.78 is 10.7. The molecule has 230 valence electrons. The number of carbonyl (C=O) groups excluding carboxylic acids is 5. The van der Waals surface area contributed by atoms with Gasteiger partial charge in [0, 0.05) is 13.0 Å². The van der Waals surface area contributed by atoms with Gasteiger partial charge >= 0.3 is 11.9 Å². The van der Waals surface area contributed by atoms with E-state index in [1.165, 1.54) is 23.1 Å². The van der Waals surface area contributed by atoms with Gasteiger partial charge in [0.2, 0.25) is 5.91 Å². The smallest absolute Gasteiger partial charge is 0.342 e. The van der Waals surface area contributed by atoms with Gasteiger partial charge < -0.3 is 30.0 Å². The first-order valence-electron chi connectivity index (χ1n) is 13.9. The Hall–Kier alpha value is -4.62. The molecule has 0 aliphatic carbocycles. The predicted octanol–water partition coefficient (Wildman–Crippen LogP) is 1.57. The molecule has 2 heterocycles. The number of carboxylic acids is 1. The summed E-state index contributed by atoms with van der Waals surface area (Å²) in [6, 6.07) is 13.7. The van der Waals surface area contributed by atoms with Gasteiger partial charge in [-0.3, -0.25) is 24.2 Å². The molecular weight excluding hydrogens is 560 g/mol. The van der Waals surface area contributed by atoms with Crippen LogP contribution in [0.4, 0.5) is 0 Å². The fraction of sp³-hybridized carbons (Fsp3) is 0.400. The summed E-state index contributed by atoms with van der Waals surface area (Å²) in [6.45, 7) is 0.00262. The number of ketones is 1. The van der Waals surface area contributed by atoms with Crippen LogP contribution in [0.15, 0.2) is 54.6 Å². The van der Waals surface area contributed by atoms with Crippen molar-refractivity contribution in [3.8, 4) is 11.5 Å². The molecule has 2 saturated heterocycles. The van der Waals surface area contributed by atoms with Crippen LogP contribution >= 0.6 is 0 Å². The molecule has 13 heteroatoms. The van der Waals surface area contributed by atoms with E-state index in [4.69, 9.17) is 14.6 Å². The van der Waals surface area contributed by atoms with E-state index >= 15 is 0 Å². The third-order valence-electron chi connectivity index (χ3n) is 6.95. The number of nitrogens with zero attached hydrogens (tertiary/aromatic N) is 2. The Morgan fingerprint density at radius 2 is 1.74 bits per heavy atom. The molecule has 0 saturated carbocycles. The number of nitrogens with one attached hydrogen (secondary N) is 2. The number of likely N-dealkylation sites (N-methyl/N-ethyl adjacent to an activating group) is 2. The maximum Gasteiger partial charge on any atom is 0.342 e. The zero-order valence-electron chi connectivity index (χ0n) is 24.1. The molecule has 43 heavy (non-hydrogen) atoms. The summed E-state index contributed by atoms with van der Waals surface area (Å²) in [6.07, 6.45) is 2.61. The summed E-state index contributed by atoms with van der Waals surface area (Å²) in [5, 5.41) is 17.1. The van der Waals surface area contributed by atoms with Crippen molar-refractivity contribution in [1.82, 2.24) is 20.7 Å². The van der Waals surface area contributed by atoms with E-state index in [-0.39, 0.29) is 29.8 Å². The highest BCUT2D eigenvalue weighted by molar-refractivity contribution is 5.95. The van der Waals surface area contributed by atoms with Crippen LogP contribution in [-0.4, -0.2) is 96.3 Å². The molecule has 2 aliphatic heterocycles. The standard InChI is InChI=1S/C19H19NO6.C11H17N3O3/c1-20-15(11-18(22)23)16(21)12-25-19(24)14-9-5-6-10-17(14)26-13-7-3-2-4-8-13;1-12-9-4-5-10(16)13-6-2-3-8(7-15)14(13)11(9)17/h2-10,15,20H,11-12H2,1H3,(H,22,23);7-9,12H,2-6H2,1H3/t15-;8-,9-/m00/s1. The summed E-state index contributed by atoms with van der Waals surface area (Å²) in [5.41, 5.74) is 0.170. The maximum absolute atomic E-state index is 12.3. The number of ether oxygens (including phenoxy) is 2. The van der Waals surface area contributed by atoms with Crippen molar-refractivity contribution in [1.29, 1.82) is 0 Å². The van der Waals surface area contributed by atoms with E-state index in [1.54, 1.807) is 49.5 Å². The van der Waals surface area contributed by atoms with Crippen molar-refractivity contribution in [2.75, 3.05) is 27.2 Å². The number of amides is 2. The number of esters is 1. The van der Waals surface area contributed by atoms with E-state index < -0.39 is 36.4 Å². The van der Waals surface area contributed by atoms with Crippen LogP contribution in [0.3, 0.4) is 0 Å². The lowest BCUT2D eigenvalue weighted by Gasteiger charge is -2.41. The Labute approximate surface area is 249 Å². The van der Waals surface area contributed by atoms with Crippen LogP contribution in [0.25, 0.3) is 0 Å². The summed E-state index contributed by atoms with van der Waals surface area (Å²) in [4.78, 5) is 70.2. The zero-order valence-corrected chi connectivity index (χ0v) is 24.1. The quantitative estimate of drug-likeness (QED) is 0.254. The number of rotatable bonds is 11. The second-order valence-electron chi connectivity index (χ2n) is 9.82. The number of carbonyl (C=O) groups is 6. The lowest BCUT2D eigenvalue weighted by atomic mass is 10.1. The largest absolute Gasteiger partial charge is 0.481 e. The van der Waals surface area contributed by atoms with Crippen molar-refractivity contribution in [2.24, 2.45) is 0 Å². The number of aldehydes is 1.